The summed E-state index contributed by atoms with van der Waals surface area (Å²) < 4.78 is 12.8. The lowest BCUT2D eigenvalue weighted by molar-refractivity contribution is -0.117. The Kier molecular flexibility index (Phi) is 2.78. The summed E-state index contributed by atoms with van der Waals surface area (Å²) in [5.74, 6) is -1.09. The number of hydrogen-bond acceptors (Lipinski definition) is 3. The maximum Gasteiger partial charge on any atom is 0.227 e. The van der Waals surface area contributed by atoms with E-state index >= 15 is 0 Å². The SMILES string of the molecule is O=C1CC(CO)CN1c1ccc(F)cc1O. The molecule has 2 rings (SSSR count). The minimum atomic E-state index is -0.549. The molecule has 5 heteroatoms. The highest BCUT2D eigenvalue weighted by atomic mass is 19.1. The van der Waals surface area contributed by atoms with Crippen molar-refractivity contribution < 1.29 is 19.4 Å². The van der Waals surface area contributed by atoms with Gasteiger partial charge in [0.1, 0.15) is 11.6 Å². The third-order valence-corrected chi connectivity index (χ3v) is 2.69. The molecule has 1 aliphatic rings. The Morgan fingerprint density at radius 1 is 1.50 bits per heavy atom. The van der Waals surface area contributed by atoms with E-state index < -0.39 is 5.82 Å². The Bertz CT molecular complexity index is 422. The fourth-order valence-electron chi connectivity index (χ4n) is 1.86. The minimum Gasteiger partial charge on any atom is -0.506 e. The van der Waals surface area contributed by atoms with E-state index in [1.165, 1.54) is 17.0 Å². The summed E-state index contributed by atoms with van der Waals surface area (Å²) in [4.78, 5) is 13.0. The number of halogens is 1. The van der Waals surface area contributed by atoms with Gasteiger partial charge in [0.2, 0.25) is 5.91 Å². The number of aliphatic hydroxyl groups is 1. The van der Waals surface area contributed by atoms with Crippen molar-refractivity contribution in [2.75, 3.05) is 18.1 Å². The predicted octanol–water partition coefficient (Wildman–Crippen LogP) is 0.876. The first-order chi connectivity index (χ1) is 7.61. The number of hydrogen-bond donors (Lipinski definition) is 2. The van der Waals surface area contributed by atoms with Gasteiger partial charge < -0.3 is 15.1 Å². The lowest BCUT2D eigenvalue weighted by Gasteiger charge is -2.17. The number of phenols is 1. The molecule has 1 fully saturated rings. The molecule has 1 saturated heterocycles. The molecule has 1 heterocycles. The van der Waals surface area contributed by atoms with Crippen LogP contribution in [0.5, 0.6) is 5.75 Å². The van der Waals surface area contributed by atoms with Gasteiger partial charge in [-0.25, -0.2) is 4.39 Å². The van der Waals surface area contributed by atoms with Crippen LogP contribution in [0.2, 0.25) is 0 Å². The van der Waals surface area contributed by atoms with Gasteiger partial charge in [0.15, 0.2) is 0 Å². The highest BCUT2D eigenvalue weighted by Gasteiger charge is 2.31. The molecule has 2 N–H and O–H groups in total. The van der Waals surface area contributed by atoms with Gasteiger partial charge in [-0.2, -0.15) is 0 Å². The zero-order valence-electron chi connectivity index (χ0n) is 8.56. The topological polar surface area (TPSA) is 60.8 Å². The van der Waals surface area contributed by atoms with Crippen LogP contribution in [0, 0.1) is 11.7 Å². The fraction of sp³-hybridized carbons (Fsp3) is 0.364. The Balaban J connectivity index is 2.28. The summed E-state index contributed by atoms with van der Waals surface area (Å²) in [5.41, 5.74) is 0.294. The number of carbonyl (C=O) groups excluding carboxylic acids is 1. The van der Waals surface area contributed by atoms with Crippen LogP contribution >= 0.6 is 0 Å². The van der Waals surface area contributed by atoms with E-state index in [0.29, 0.717) is 12.2 Å². The zero-order valence-corrected chi connectivity index (χ0v) is 8.56. The van der Waals surface area contributed by atoms with E-state index in [4.69, 9.17) is 5.11 Å². The average molecular weight is 225 g/mol. The molecule has 0 bridgehead atoms. The smallest absolute Gasteiger partial charge is 0.227 e. The van der Waals surface area contributed by atoms with Crippen LogP contribution in [0.15, 0.2) is 18.2 Å². The van der Waals surface area contributed by atoms with Crippen molar-refractivity contribution in [2.45, 2.75) is 6.42 Å². The van der Waals surface area contributed by atoms with E-state index in [9.17, 15) is 14.3 Å². The average Bonchev–Trinajstić information content (AvgIpc) is 2.60. The number of rotatable bonds is 2. The molecule has 1 aromatic carbocycles. The first-order valence-electron chi connectivity index (χ1n) is 5.01. The molecule has 0 aromatic heterocycles. The van der Waals surface area contributed by atoms with Crippen molar-refractivity contribution >= 4 is 11.6 Å². The largest absolute Gasteiger partial charge is 0.506 e. The van der Waals surface area contributed by atoms with Crippen LogP contribution < -0.4 is 4.90 Å². The molecule has 1 unspecified atom stereocenters. The molecule has 16 heavy (non-hydrogen) atoms. The molecule has 1 amide bonds. The normalized spacial score (nSPS) is 20.5. The Morgan fingerprint density at radius 2 is 2.25 bits per heavy atom. The number of nitrogens with zero attached hydrogens (tertiary/aromatic N) is 1. The van der Waals surface area contributed by atoms with Crippen molar-refractivity contribution in [3.8, 4) is 5.75 Å². The van der Waals surface area contributed by atoms with E-state index in [2.05, 4.69) is 0 Å². The van der Waals surface area contributed by atoms with Crippen molar-refractivity contribution in [3.05, 3.63) is 24.0 Å². The Labute approximate surface area is 91.9 Å². The number of anilines is 1. The van der Waals surface area contributed by atoms with Gasteiger partial charge in [0.05, 0.1) is 5.69 Å². The van der Waals surface area contributed by atoms with E-state index in [1.54, 1.807) is 0 Å². The quantitative estimate of drug-likeness (QED) is 0.785. The number of benzene rings is 1. The van der Waals surface area contributed by atoms with Crippen LogP contribution in [0.3, 0.4) is 0 Å². The van der Waals surface area contributed by atoms with Gasteiger partial charge in [-0.15, -0.1) is 0 Å². The molecule has 1 aromatic rings. The van der Waals surface area contributed by atoms with Crippen molar-refractivity contribution in [1.82, 2.24) is 0 Å². The van der Waals surface area contributed by atoms with Gasteiger partial charge in [0, 0.05) is 31.6 Å². The summed E-state index contributed by atoms with van der Waals surface area (Å²) in [7, 11) is 0. The van der Waals surface area contributed by atoms with E-state index in [-0.39, 0.29) is 30.6 Å². The number of aromatic hydroxyl groups is 1. The van der Waals surface area contributed by atoms with Gasteiger partial charge in [-0.05, 0) is 12.1 Å². The maximum atomic E-state index is 12.8. The van der Waals surface area contributed by atoms with Gasteiger partial charge >= 0.3 is 0 Å². The summed E-state index contributed by atoms with van der Waals surface area (Å²) in [5, 5.41) is 18.5. The molecule has 0 saturated carbocycles. The molecule has 0 spiro atoms. The zero-order chi connectivity index (χ0) is 11.7. The highest BCUT2D eigenvalue weighted by Crippen LogP contribution is 2.32. The van der Waals surface area contributed by atoms with Crippen LogP contribution in [0.4, 0.5) is 10.1 Å². The lowest BCUT2D eigenvalue weighted by atomic mass is 10.1. The number of aliphatic hydroxyl groups excluding tert-OH is 1. The van der Waals surface area contributed by atoms with Crippen molar-refractivity contribution in [1.29, 1.82) is 0 Å². The summed E-state index contributed by atoms with van der Waals surface area (Å²) >= 11 is 0. The van der Waals surface area contributed by atoms with Crippen LogP contribution in [0.25, 0.3) is 0 Å². The molecule has 1 aliphatic heterocycles. The summed E-state index contributed by atoms with van der Waals surface area (Å²) in [6, 6.07) is 3.52. The van der Waals surface area contributed by atoms with E-state index in [0.717, 1.165) is 6.07 Å². The first-order valence-corrected chi connectivity index (χ1v) is 5.01. The molecule has 4 nitrogen and oxygen atoms in total. The van der Waals surface area contributed by atoms with Crippen molar-refractivity contribution in [3.63, 3.8) is 0 Å². The summed E-state index contributed by atoms with van der Waals surface area (Å²) in [6.07, 6.45) is 0.257. The summed E-state index contributed by atoms with van der Waals surface area (Å²) in [6.45, 7) is 0.290. The third kappa shape index (κ3) is 1.86. The van der Waals surface area contributed by atoms with Crippen LogP contribution in [-0.2, 0) is 4.79 Å². The standard InChI is InChI=1S/C11H12FNO3/c12-8-1-2-9(10(15)4-8)13-5-7(6-14)3-11(13)16/h1-2,4,7,14-15H,3,5-6H2. The molecule has 86 valence electrons. The second kappa shape index (κ2) is 4.09. The third-order valence-electron chi connectivity index (χ3n) is 2.69. The minimum absolute atomic E-state index is 0.0653. The highest BCUT2D eigenvalue weighted by molar-refractivity contribution is 5.97. The Hall–Kier alpha value is -1.62. The van der Waals surface area contributed by atoms with Gasteiger partial charge in [-0.1, -0.05) is 0 Å². The first kappa shape index (κ1) is 10.9. The van der Waals surface area contributed by atoms with Gasteiger partial charge in [0.25, 0.3) is 0 Å². The van der Waals surface area contributed by atoms with Crippen LogP contribution in [-0.4, -0.2) is 29.3 Å². The molecule has 0 aliphatic carbocycles. The monoisotopic (exact) mass is 225 g/mol. The second-order valence-electron chi connectivity index (χ2n) is 3.89. The van der Waals surface area contributed by atoms with E-state index in [1.807, 2.05) is 0 Å². The molecular formula is C11H12FNO3. The molecule has 0 radical (unpaired) electrons. The lowest BCUT2D eigenvalue weighted by Crippen LogP contribution is -2.24. The number of amides is 1. The fourth-order valence-corrected chi connectivity index (χ4v) is 1.86. The van der Waals surface area contributed by atoms with Gasteiger partial charge in [-0.3, -0.25) is 4.79 Å². The molecular weight excluding hydrogens is 213 g/mol. The van der Waals surface area contributed by atoms with Crippen LogP contribution in [0.1, 0.15) is 6.42 Å². The predicted molar refractivity (Wildman–Crippen MR) is 55.6 cm³/mol. The maximum absolute atomic E-state index is 12.8. The molecule has 1 atom stereocenters. The number of phenolic OH excluding ortho intramolecular Hbond substituents is 1. The second-order valence-corrected chi connectivity index (χ2v) is 3.89. The Morgan fingerprint density at radius 3 is 2.81 bits per heavy atom. The number of carbonyl (C=O) groups is 1. The van der Waals surface area contributed by atoms with Crippen molar-refractivity contribution in [2.24, 2.45) is 5.92 Å².